The summed E-state index contributed by atoms with van der Waals surface area (Å²) >= 11 is 1.72. The molecule has 2 heterocycles. The van der Waals surface area contributed by atoms with Crippen LogP contribution in [-0.4, -0.2) is 62.2 Å². The van der Waals surface area contributed by atoms with Crippen LogP contribution in [0.3, 0.4) is 0 Å². The maximum absolute atomic E-state index is 4.38. The molecular weight excluding hydrogens is 380 g/mol. The highest BCUT2D eigenvalue weighted by Gasteiger charge is 2.16. The summed E-state index contributed by atoms with van der Waals surface area (Å²) in [6.45, 7) is 11.6. The Labute approximate surface area is 179 Å². The molecule has 1 aromatic heterocycles. The molecule has 1 fully saturated rings. The normalized spacial score (nSPS) is 15.6. The number of benzene rings is 1. The summed E-state index contributed by atoms with van der Waals surface area (Å²) in [5.74, 6) is 0.852. The van der Waals surface area contributed by atoms with Crippen molar-refractivity contribution in [1.29, 1.82) is 0 Å². The monoisotopic (exact) mass is 414 g/mol. The molecule has 1 aromatic carbocycles. The van der Waals surface area contributed by atoms with E-state index in [0.29, 0.717) is 0 Å². The highest BCUT2D eigenvalue weighted by atomic mass is 32.1. The summed E-state index contributed by atoms with van der Waals surface area (Å²) in [5.41, 5.74) is 2.70. The molecule has 0 amide bonds. The first-order valence-electron chi connectivity index (χ1n) is 10.5. The molecule has 6 nitrogen and oxygen atoms in total. The Balaban J connectivity index is 1.27. The number of hydrogen-bond acceptors (Lipinski definition) is 5. The first-order valence-corrected chi connectivity index (χ1v) is 11.4. The summed E-state index contributed by atoms with van der Waals surface area (Å²) in [7, 11) is 1.82. The average Bonchev–Trinajstić information content (AvgIpc) is 3.15. The van der Waals surface area contributed by atoms with Crippen molar-refractivity contribution >= 4 is 23.0 Å². The lowest BCUT2D eigenvalue weighted by Gasteiger charge is -2.36. The van der Waals surface area contributed by atoms with Gasteiger partial charge in [0.2, 0.25) is 0 Å². The second-order valence-electron chi connectivity index (χ2n) is 7.59. The van der Waals surface area contributed by atoms with Gasteiger partial charge in [-0.25, -0.2) is 4.98 Å². The zero-order valence-corrected chi connectivity index (χ0v) is 18.8. The standard InChI is InChI=1S/C22H34N6S/c1-18-7-6-8-20(15-18)28-13-11-27(12-14-28)10-5-4-9-24-22(23-3)26-17-21-25-16-19(2)29-21/h6-8,15-16H,4-5,9-14,17H2,1-3H3,(H2,23,24,26). The molecule has 0 radical (unpaired) electrons. The molecule has 0 saturated carbocycles. The van der Waals surface area contributed by atoms with Gasteiger partial charge in [0.25, 0.3) is 0 Å². The van der Waals surface area contributed by atoms with Gasteiger partial charge in [0.1, 0.15) is 5.01 Å². The van der Waals surface area contributed by atoms with Crippen molar-refractivity contribution in [3.8, 4) is 0 Å². The number of hydrogen-bond donors (Lipinski definition) is 2. The van der Waals surface area contributed by atoms with E-state index in [0.717, 1.165) is 56.7 Å². The Hall–Kier alpha value is -2.12. The zero-order valence-electron chi connectivity index (χ0n) is 17.9. The molecule has 0 unspecified atom stereocenters. The number of nitrogens with one attached hydrogen (secondary N) is 2. The fourth-order valence-electron chi connectivity index (χ4n) is 3.58. The van der Waals surface area contributed by atoms with E-state index in [4.69, 9.17) is 0 Å². The van der Waals surface area contributed by atoms with E-state index in [1.54, 1.807) is 11.3 Å². The van der Waals surface area contributed by atoms with Gasteiger partial charge in [0, 0.05) is 56.5 Å². The number of aromatic nitrogens is 1. The molecule has 0 aliphatic carbocycles. The van der Waals surface area contributed by atoms with Crippen molar-refractivity contribution in [3.63, 3.8) is 0 Å². The summed E-state index contributed by atoms with van der Waals surface area (Å²) in [5, 5.41) is 7.83. The summed E-state index contributed by atoms with van der Waals surface area (Å²) in [6.07, 6.45) is 4.27. The van der Waals surface area contributed by atoms with E-state index in [1.807, 2.05) is 13.2 Å². The maximum Gasteiger partial charge on any atom is 0.191 e. The second kappa shape index (κ2) is 11.2. The number of guanidine groups is 1. The number of aryl methyl sites for hydroxylation is 2. The van der Waals surface area contributed by atoms with E-state index in [9.17, 15) is 0 Å². The molecule has 1 saturated heterocycles. The van der Waals surface area contributed by atoms with Crippen molar-refractivity contribution in [2.45, 2.75) is 33.2 Å². The number of unbranched alkanes of at least 4 members (excludes halogenated alkanes) is 1. The molecule has 158 valence electrons. The summed E-state index contributed by atoms with van der Waals surface area (Å²) in [6, 6.07) is 8.84. The van der Waals surface area contributed by atoms with E-state index < -0.39 is 0 Å². The molecule has 2 N–H and O–H groups in total. The average molecular weight is 415 g/mol. The number of nitrogens with zero attached hydrogens (tertiary/aromatic N) is 4. The van der Waals surface area contributed by atoms with Crippen LogP contribution >= 0.6 is 11.3 Å². The van der Waals surface area contributed by atoms with Crippen molar-refractivity contribution in [2.75, 3.05) is 51.2 Å². The molecule has 2 aromatic rings. The van der Waals surface area contributed by atoms with Crippen LogP contribution < -0.4 is 15.5 Å². The van der Waals surface area contributed by atoms with Gasteiger partial charge in [0.05, 0.1) is 6.54 Å². The van der Waals surface area contributed by atoms with E-state index in [2.05, 4.69) is 68.5 Å². The number of anilines is 1. The largest absolute Gasteiger partial charge is 0.369 e. The van der Waals surface area contributed by atoms with Gasteiger partial charge >= 0.3 is 0 Å². The van der Waals surface area contributed by atoms with Gasteiger partial charge in [-0.1, -0.05) is 12.1 Å². The predicted octanol–water partition coefficient (Wildman–Crippen LogP) is 3.03. The number of thiazole rings is 1. The van der Waals surface area contributed by atoms with E-state index >= 15 is 0 Å². The number of rotatable bonds is 8. The number of aliphatic imine (C=N–C) groups is 1. The van der Waals surface area contributed by atoms with Crippen LogP contribution in [0.1, 0.15) is 28.3 Å². The van der Waals surface area contributed by atoms with Gasteiger partial charge in [-0.15, -0.1) is 11.3 Å². The molecule has 3 rings (SSSR count). The Kier molecular flexibility index (Phi) is 8.31. The van der Waals surface area contributed by atoms with Crippen LogP contribution in [0.5, 0.6) is 0 Å². The van der Waals surface area contributed by atoms with Crippen molar-refractivity contribution in [3.05, 3.63) is 45.9 Å². The zero-order chi connectivity index (χ0) is 20.5. The maximum atomic E-state index is 4.38. The van der Waals surface area contributed by atoms with Gasteiger partial charge in [-0.3, -0.25) is 9.89 Å². The lowest BCUT2D eigenvalue weighted by molar-refractivity contribution is 0.253. The Morgan fingerprint density at radius 1 is 1.14 bits per heavy atom. The lowest BCUT2D eigenvalue weighted by Crippen LogP contribution is -2.46. The van der Waals surface area contributed by atoms with Crippen LogP contribution in [0.15, 0.2) is 35.5 Å². The van der Waals surface area contributed by atoms with Crippen molar-refractivity contribution in [1.82, 2.24) is 20.5 Å². The third kappa shape index (κ3) is 7.01. The lowest BCUT2D eigenvalue weighted by atomic mass is 10.2. The van der Waals surface area contributed by atoms with Gasteiger partial charge in [0.15, 0.2) is 5.96 Å². The molecule has 0 atom stereocenters. The Morgan fingerprint density at radius 2 is 1.97 bits per heavy atom. The minimum atomic E-state index is 0.726. The van der Waals surface area contributed by atoms with Crippen LogP contribution in [0.2, 0.25) is 0 Å². The highest BCUT2D eigenvalue weighted by molar-refractivity contribution is 7.11. The van der Waals surface area contributed by atoms with Crippen molar-refractivity contribution < 1.29 is 0 Å². The third-order valence-corrected chi connectivity index (χ3v) is 6.15. The van der Waals surface area contributed by atoms with Crippen LogP contribution in [0, 0.1) is 13.8 Å². The van der Waals surface area contributed by atoms with E-state index in [1.165, 1.54) is 29.1 Å². The van der Waals surface area contributed by atoms with Crippen LogP contribution in [-0.2, 0) is 6.54 Å². The Morgan fingerprint density at radius 3 is 2.66 bits per heavy atom. The smallest absolute Gasteiger partial charge is 0.191 e. The minimum Gasteiger partial charge on any atom is -0.369 e. The first kappa shape index (κ1) is 21.6. The van der Waals surface area contributed by atoms with E-state index in [-0.39, 0.29) is 0 Å². The van der Waals surface area contributed by atoms with Crippen LogP contribution in [0.4, 0.5) is 5.69 Å². The third-order valence-electron chi connectivity index (χ3n) is 5.23. The molecule has 1 aliphatic heterocycles. The minimum absolute atomic E-state index is 0.726. The topological polar surface area (TPSA) is 55.8 Å². The molecule has 29 heavy (non-hydrogen) atoms. The molecule has 0 spiro atoms. The second-order valence-corrected chi connectivity index (χ2v) is 8.91. The van der Waals surface area contributed by atoms with Crippen molar-refractivity contribution in [2.24, 2.45) is 4.99 Å². The first-order chi connectivity index (χ1) is 14.1. The molecular formula is C22H34N6S. The van der Waals surface area contributed by atoms with Crippen LogP contribution in [0.25, 0.3) is 0 Å². The quantitative estimate of drug-likeness (QED) is 0.395. The number of piperazine rings is 1. The summed E-state index contributed by atoms with van der Waals surface area (Å²) in [4.78, 5) is 15.0. The van der Waals surface area contributed by atoms with Gasteiger partial charge in [-0.2, -0.15) is 0 Å². The van der Waals surface area contributed by atoms with Gasteiger partial charge in [-0.05, 0) is 50.9 Å². The highest BCUT2D eigenvalue weighted by Crippen LogP contribution is 2.17. The Bertz CT molecular complexity index is 779. The molecule has 7 heteroatoms. The summed E-state index contributed by atoms with van der Waals surface area (Å²) < 4.78 is 0. The fourth-order valence-corrected chi connectivity index (χ4v) is 4.31. The van der Waals surface area contributed by atoms with Gasteiger partial charge < -0.3 is 15.5 Å². The fraction of sp³-hybridized carbons (Fsp3) is 0.545. The predicted molar refractivity (Wildman–Crippen MR) is 124 cm³/mol. The SMILES string of the molecule is CN=C(NCCCCN1CCN(c2cccc(C)c2)CC1)NCc1ncc(C)s1. The molecule has 1 aliphatic rings. The molecule has 0 bridgehead atoms.